The Morgan fingerprint density at radius 1 is 1.22 bits per heavy atom. The van der Waals surface area contributed by atoms with Crippen molar-refractivity contribution in [1.82, 2.24) is 4.90 Å². The Hall–Kier alpha value is -2.80. The summed E-state index contributed by atoms with van der Waals surface area (Å²) < 4.78 is 5.78. The molecule has 0 aromatic heterocycles. The molecule has 118 valence electrons. The van der Waals surface area contributed by atoms with Gasteiger partial charge in [-0.05, 0) is 30.7 Å². The summed E-state index contributed by atoms with van der Waals surface area (Å²) in [7, 11) is 1.69. The molecule has 0 radical (unpaired) electrons. The summed E-state index contributed by atoms with van der Waals surface area (Å²) >= 11 is 0. The van der Waals surface area contributed by atoms with Crippen LogP contribution < -0.4 is 4.74 Å². The van der Waals surface area contributed by atoms with Gasteiger partial charge in [0.1, 0.15) is 12.4 Å². The minimum atomic E-state index is -0.110. The molecule has 4 heteroatoms. The number of hydrogen-bond donors (Lipinski definition) is 0. The van der Waals surface area contributed by atoms with Crippen molar-refractivity contribution >= 4 is 5.91 Å². The Morgan fingerprint density at radius 2 is 2.00 bits per heavy atom. The molecule has 0 atom stereocenters. The van der Waals surface area contributed by atoms with Gasteiger partial charge in [0, 0.05) is 19.2 Å². The third-order valence-electron chi connectivity index (χ3n) is 3.47. The lowest BCUT2D eigenvalue weighted by Gasteiger charge is -2.16. The molecule has 4 nitrogen and oxygen atoms in total. The van der Waals surface area contributed by atoms with Crippen LogP contribution in [0, 0.1) is 18.3 Å². The maximum atomic E-state index is 12.3. The molecule has 0 N–H and O–H groups in total. The average Bonchev–Trinajstić information content (AvgIpc) is 2.57. The van der Waals surface area contributed by atoms with Gasteiger partial charge in [-0.1, -0.05) is 35.9 Å². The molecule has 0 bridgehead atoms. The molecular weight excluding hydrogens is 288 g/mol. The summed E-state index contributed by atoms with van der Waals surface area (Å²) in [6.45, 7) is 2.92. The highest BCUT2D eigenvalue weighted by molar-refractivity contribution is 5.94. The van der Waals surface area contributed by atoms with Crippen molar-refractivity contribution in [3.8, 4) is 11.8 Å². The van der Waals surface area contributed by atoms with E-state index in [1.807, 2.05) is 37.3 Å². The summed E-state index contributed by atoms with van der Waals surface area (Å²) in [6.07, 6.45) is 0.325. The quantitative estimate of drug-likeness (QED) is 0.820. The van der Waals surface area contributed by atoms with E-state index >= 15 is 0 Å². The van der Waals surface area contributed by atoms with Crippen molar-refractivity contribution in [3.05, 3.63) is 65.2 Å². The summed E-state index contributed by atoms with van der Waals surface area (Å²) in [5.74, 6) is 0.548. The van der Waals surface area contributed by atoms with E-state index in [0.717, 1.165) is 5.56 Å². The van der Waals surface area contributed by atoms with Gasteiger partial charge in [-0.15, -0.1) is 0 Å². The number of carbonyl (C=O) groups excluding carboxylic acids is 1. The van der Waals surface area contributed by atoms with Crippen LogP contribution in [0.4, 0.5) is 0 Å². The normalized spacial score (nSPS) is 9.96. The molecule has 0 aliphatic carbocycles. The number of benzene rings is 2. The molecule has 2 aromatic rings. The highest BCUT2D eigenvalue weighted by Gasteiger charge is 2.12. The highest BCUT2D eigenvalue weighted by Crippen LogP contribution is 2.17. The standard InChI is InChI=1S/C19H20N2O2/c1-15-6-3-7-16(12-15)14-23-18-9-4-8-17(13-18)19(22)21(2)11-5-10-20/h3-4,6-9,12-13H,5,11,14H2,1-2H3. The van der Waals surface area contributed by atoms with Gasteiger partial charge in [0.25, 0.3) is 5.91 Å². The molecule has 0 spiro atoms. The van der Waals surface area contributed by atoms with Crippen molar-refractivity contribution in [1.29, 1.82) is 5.26 Å². The first kappa shape index (κ1) is 16.6. The molecule has 23 heavy (non-hydrogen) atoms. The molecule has 0 saturated carbocycles. The summed E-state index contributed by atoms with van der Waals surface area (Å²) in [5, 5.41) is 8.60. The second-order valence-electron chi connectivity index (χ2n) is 5.44. The van der Waals surface area contributed by atoms with Gasteiger partial charge >= 0.3 is 0 Å². The molecule has 0 unspecified atom stereocenters. The van der Waals surface area contributed by atoms with Crippen LogP contribution >= 0.6 is 0 Å². The van der Waals surface area contributed by atoms with Crippen LogP contribution in [0.5, 0.6) is 5.75 Å². The molecular formula is C19H20N2O2. The zero-order chi connectivity index (χ0) is 16.7. The molecule has 1 amide bonds. The smallest absolute Gasteiger partial charge is 0.253 e. The minimum absolute atomic E-state index is 0.110. The lowest BCUT2D eigenvalue weighted by atomic mass is 10.1. The number of carbonyl (C=O) groups is 1. The van der Waals surface area contributed by atoms with Gasteiger partial charge in [0.05, 0.1) is 12.5 Å². The first-order chi connectivity index (χ1) is 11.1. The van der Waals surface area contributed by atoms with Crippen molar-refractivity contribution in [2.45, 2.75) is 20.0 Å². The maximum Gasteiger partial charge on any atom is 0.253 e. The number of nitriles is 1. The molecule has 0 fully saturated rings. The molecule has 0 aliphatic heterocycles. The van der Waals surface area contributed by atoms with E-state index < -0.39 is 0 Å². The van der Waals surface area contributed by atoms with Crippen LogP contribution in [0.3, 0.4) is 0 Å². The fourth-order valence-corrected chi connectivity index (χ4v) is 2.23. The summed E-state index contributed by atoms with van der Waals surface area (Å²) in [5.41, 5.74) is 2.84. The number of ether oxygens (including phenoxy) is 1. The Balaban J connectivity index is 2.02. The third-order valence-corrected chi connectivity index (χ3v) is 3.47. The maximum absolute atomic E-state index is 12.3. The zero-order valence-electron chi connectivity index (χ0n) is 13.5. The highest BCUT2D eigenvalue weighted by atomic mass is 16.5. The Bertz CT molecular complexity index is 719. The van der Waals surface area contributed by atoms with Gasteiger partial charge in [0.15, 0.2) is 0 Å². The zero-order valence-corrected chi connectivity index (χ0v) is 13.5. The van der Waals surface area contributed by atoms with Crippen molar-refractivity contribution in [2.24, 2.45) is 0 Å². The molecule has 0 aliphatic rings. The largest absolute Gasteiger partial charge is 0.489 e. The molecule has 0 heterocycles. The fraction of sp³-hybridized carbons (Fsp3) is 0.263. The second kappa shape index (κ2) is 8.00. The molecule has 2 aromatic carbocycles. The number of aryl methyl sites for hydroxylation is 1. The van der Waals surface area contributed by atoms with E-state index in [2.05, 4.69) is 6.07 Å². The predicted octanol–water partition coefficient (Wildman–Crippen LogP) is 3.56. The summed E-state index contributed by atoms with van der Waals surface area (Å²) in [6, 6.07) is 17.3. The van der Waals surface area contributed by atoms with Crippen LogP contribution in [0.25, 0.3) is 0 Å². The number of amides is 1. The first-order valence-corrected chi connectivity index (χ1v) is 7.51. The van der Waals surface area contributed by atoms with E-state index in [0.29, 0.717) is 30.9 Å². The van der Waals surface area contributed by atoms with Crippen molar-refractivity contribution < 1.29 is 9.53 Å². The second-order valence-corrected chi connectivity index (χ2v) is 5.44. The lowest BCUT2D eigenvalue weighted by Crippen LogP contribution is -2.27. The predicted molar refractivity (Wildman–Crippen MR) is 89.1 cm³/mol. The van der Waals surface area contributed by atoms with E-state index in [-0.39, 0.29) is 5.91 Å². The van der Waals surface area contributed by atoms with Crippen LogP contribution in [-0.2, 0) is 6.61 Å². The first-order valence-electron chi connectivity index (χ1n) is 7.51. The van der Waals surface area contributed by atoms with Crippen LogP contribution in [0.2, 0.25) is 0 Å². The molecule has 0 saturated heterocycles. The van der Waals surface area contributed by atoms with Crippen LogP contribution in [-0.4, -0.2) is 24.4 Å². The monoisotopic (exact) mass is 308 g/mol. The van der Waals surface area contributed by atoms with Crippen LogP contribution in [0.1, 0.15) is 27.9 Å². The lowest BCUT2D eigenvalue weighted by molar-refractivity contribution is 0.0797. The van der Waals surface area contributed by atoms with Gasteiger partial charge in [-0.2, -0.15) is 5.26 Å². The van der Waals surface area contributed by atoms with Crippen LogP contribution in [0.15, 0.2) is 48.5 Å². The minimum Gasteiger partial charge on any atom is -0.489 e. The van der Waals surface area contributed by atoms with Gasteiger partial charge in [-0.25, -0.2) is 0 Å². The number of rotatable bonds is 6. The Kier molecular flexibility index (Phi) is 5.76. The van der Waals surface area contributed by atoms with E-state index in [1.165, 1.54) is 5.56 Å². The van der Waals surface area contributed by atoms with Gasteiger partial charge in [-0.3, -0.25) is 4.79 Å². The Labute approximate surface area is 136 Å². The third kappa shape index (κ3) is 4.86. The van der Waals surface area contributed by atoms with E-state index in [9.17, 15) is 4.79 Å². The van der Waals surface area contributed by atoms with E-state index in [4.69, 9.17) is 10.00 Å². The fourth-order valence-electron chi connectivity index (χ4n) is 2.23. The van der Waals surface area contributed by atoms with Crippen molar-refractivity contribution in [3.63, 3.8) is 0 Å². The number of nitrogens with zero attached hydrogens (tertiary/aromatic N) is 2. The van der Waals surface area contributed by atoms with Crippen molar-refractivity contribution in [2.75, 3.05) is 13.6 Å². The number of hydrogen-bond acceptors (Lipinski definition) is 3. The topological polar surface area (TPSA) is 53.3 Å². The molecule has 2 rings (SSSR count). The van der Waals surface area contributed by atoms with Gasteiger partial charge in [0.2, 0.25) is 0 Å². The SMILES string of the molecule is Cc1cccc(COc2cccc(C(=O)N(C)CCC#N)c2)c1. The Morgan fingerprint density at radius 3 is 2.74 bits per heavy atom. The van der Waals surface area contributed by atoms with Gasteiger partial charge < -0.3 is 9.64 Å². The average molecular weight is 308 g/mol. The summed E-state index contributed by atoms with van der Waals surface area (Å²) in [4.78, 5) is 13.8. The van der Waals surface area contributed by atoms with E-state index in [1.54, 1.807) is 30.1 Å².